The molecule has 1 aliphatic rings. The van der Waals surface area contributed by atoms with Gasteiger partial charge < -0.3 is 4.90 Å². The molecule has 1 saturated heterocycles. The van der Waals surface area contributed by atoms with Gasteiger partial charge in [0.25, 0.3) is 5.91 Å². The fraction of sp³-hybridized carbons (Fsp3) is 0.300. The molecule has 1 fully saturated rings. The average molecular weight is 337 g/mol. The largest absolute Gasteiger partial charge is 0.337 e. The molecule has 0 N–H and O–H groups in total. The van der Waals surface area contributed by atoms with Gasteiger partial charge in [0.1, 0.15) is 5.82 Å². The normalized spacial score (nSPS) is 15.4. The first-order valence-electron chi connectivity index (χ1n) is 8.42. The first-order chi connectivity index (χ1) is 12.2. The van der Waals surface area contributed by atoms with Gasteiger partial charge >= 0.3 is 0 Å². The predicted molar refractivity (Wildman–Crippen MR) is 93.4 cm³/mol. The van der Waals surface area contributed by atoms with Crippen LogP contribution in [0.1, 0.15) is 27.9 Å². The topological polar surface area (TPSA) is 47.3 Å². The van der Waals surface area contributed by atoms with Gasteiger partial charge in [-0.05, 0) is 42.3 Å². The Balaban J connectivity index is 1.63. The second kappa shape index (κ2) is 7.91. The van der Waals surface area contributed by atoms with E-state index in [-0.39, 0.29) is 11.7 Å². The van der Waals surface area contributed by atoms with E-state index in [4.69, 9.17) is 0 Å². The van der Waals surface area contributed by atoms with Gasteiger partial charge in [-0.2, -0.15) is 5.26 Å². The number of nitriles is 1. The number of hydrogen-bond donors (Lipinski definition) is 0. The lowest BCUT2D eigenvalue weighted by molar-refractivity contribution is 0.0761. The molecule has 0 unspecified atom stereocenters. The lowest BCUT2D eigenvalue weighted by atomic mass is 10.1. The zero-order valence-electron chi connectivity index (χ0n) is 14.0. The molecular formula is C20H20FN3O. The predicted octanol–water partition coefficient (Wildman–Crippen LogP) is 3.05. The third kappa shape index (κ3) is 4.23. The molecule has 0 bridgehead atoms. The number of benzene rings is 2. The molecule has 1 amide bonds. The Labute approximate surface area is 147 Å². The second-order valence-electron chi connectivity index (χ2n) is 6.20. The summed E-state index contributed by atoms with van der Waals surface area (Å²) in [5.74, 6) is -0.394. The molecule has 4 nitrogen and oxygen atoms in total. The highest BCUT2D eigenvalue weighted by atomic mass is 19.1. The molecular weight excluding hydrogens is 317 g/mol. The quantitative estimate of drug-likeness (QED) is 0.865. The summed E-state index contributed by atoms with van der Waals surface area (Å²) in [7, 11) is 0. The highest BCUT2D eigenvalue weighted by Gasteiger charge is 2.20. The van der Waals surface area contributed by atoms with Crippen LogP contribution in [-0.4, -0.2) is 41.9 Å². The number of rotatable bonds is 3. The van der Waals surface area contributed by atoms with E-state index in [0.717, 1.165) is 25.1 Å². The van der Waals surface area contributed by atoms with Gasteiger partial charge in [0.05, 0.1) is 11.6 Å². The molecule has 5 heteroatoms. The van der Waals surface area contributed by atoms with E-state index in [2.05, 4.69) is 11.0 Å². The van der Waals surface area contributed by atoms with Crippen LogP contribution in [0.25, 0.3) is 0 Å². The molecule has 0 radical (unpaired) electrons. The highest BCUT2D eigenvalue weighted by Crippen LogP contribution is 2.14. The van der Waals surface area contributed by atoms with E-state index in [1.807, 2.05) is 29.2 Å². The minimum Gasteiger partial charge on any atom is -0.337 e. The van der Waals surface area contributed by atoms with Gasteiger partial charge in [0, 0.05) is 38.3 Å². The van der Waals surface area contributed by atoms with Crippen molar-refractivity contribution in [3.05, 3.63) is 71.0 Å². The molecule has 2 aromatic carbocycles. The third-order valence-electron chi connectivity index (χ3n) is 4.50. The molecule has 0 atom stereocenters. The SMILES string of the molecule is N#Cc1ccccc1CN1CCCN(C(=O)c2ccc(F)cc2)CC1. The Morgan fingerprint density at radius 3 is 2.56 bits per heavy atom. The van der Waals surface area contributed by atoms with Gasteiger partial charge in [-0.1, -0.05) is 18.2 Å². The van der Waals surface area contributed by atoms with Crippen LogP contribution in [-0.2, 0) is 6.54 Å². The van der Waals surface area contributed by atoms with Crippen molar-refractivity contribution in [2.75, 3.05) is 26.2 Å². The van der Waals surface area contributed by atoms with Crippen molar-refractivity contribution in [2.45, 2.75) is 13.0 Å². The zero-order chi connectivity index (χ0) is 17.6. The number of amides is 1. The lowest BCUT2D eigenvalue weighted by Crippen LogP contribution is -2.35. The Bertz CT molecular complexity index is 782. The number of nitrogens with zero attached hydrogens (tertiary/aromatic N) is 3. The molecule has 0 aliphatic carbocycles. The Kier molecular flexibility index (Phi) is 5.42. The number of halogens is 1. The Morgan fingerprint density at radius 1 is 1.04 bits per heavy atom. The van der Waals surface area contributed by atoms with Gasteiger partial charge in [-0.3, -0.25) is 9.69 Å². The second-order valence-corrected chi connectivity index (χ2v) is 6.20. The Hall–Kier alpha value is -2.71. The van der Waals surface area contributed by atoms with E-state index >= 15 is 0 Å². The smallest absolute Gasteiger partial charge is 0.253 e. The maximum atomic E-state index is 13.0. The van der Waals surface area contributed by atoms with Crippen LogP contribution in [0.5, 0.6) is 0 Å². The summed E-state index contributed by atoms with van der Waals surface area (Å²) < 4.78 is 13.0. The fourth-order valence-electron chi connectivity index (χ4n) is 3.12. The zero-order valence-corrected chi connectivity index (χ0v) is 14.0. The van der Waals surface area contributed by atoms with Gasteiger partial charge in [0.15, 0.2) is 0 Å². The summed E-state index contributed by atoms with van der Waals surface area (Å²) in [5, 5.41) is 9.22. The average Bonchev–Trinajstić information content (AvgIpc) is 2.88. The third-order valence-corrected chi connectivity index (χ3v) is 4.50. The van der Waals surface area contributed by atoms with Crippen LogP contribution in [0, 0.1) is 17.1 Å². The molecule has 3 rings (SSSR count). The molecule has 25 heavy (non-hydrogen) atoms. The number of carbonyl (C=O) groups is 1. The van der Waals surface area contributed by atoms with Crippen LogP contribution in [0.2, 0.25) is 0 Å². The highest BCUT2D eigenvalue weighted by molar-refractivity contribution is 5.94. The van der Waals surface area contributed by atoms with Crippen molar-refractivity contribution in [3.63, 3.8) is 0 Å². The minimum absolute atomic E-state index is 0.0562. The maximum absolute atomic E-state index is 13.0. The molecule has 0 aromatic heterocycles. The summed E-state index contributed by atoms with van der Waals surface area (Å²) in [5.41, 5.74) is 2.24. The van der Waals surface area contributed by atoms with E-state index in [1.165, 1.54) is 24.3 Å². The summed E-state index contributed by atoms with van der Waals surface area (Å²) in [6, 6.07) is 15.5. The van der Waals surface area contributed by atoms with Crippen molar-refractivity contribution in [1.82, 2.24) is 9.80 Å². The van der Waals surface area contributed by atoms with Gasteiger partial charge in [-0.25, -0.2) is 4.39 Å². The fourth-order valence-corrected chi connectivity index (χ4v) is 3.12. The van der Waals surface area contributed by atoms with Crippen molar-refractivity contribution >= 4 is 5.91 Å². The van der Waals surface area contributed by atoms with Crippen molar-refractivity contribution in [3.8, 4) is 6.07 Å². The maximum Gasteiger partial charge on any atom is 0.253 e. The monoisotopic (exact) mass is 337 g/mol. The summed E-state index contributed by atoms with van der Waals surface area (Å²) in [6.07, 6.45) is 0.877. The van der Waals surface area contributed by atoms with E-state index in [0.29, 0.717) is 30.8 Å². The lowest BCUT2D eigenvalue weighted by Gasteiger charge is -2.22. The standard InChI is InChI=1S/C20H20FN3O/c21-19-8-6-16(7-9-19)20(25)24-11-3-10-23(12-13-24)15-18-5-2-1-4-17(18)14-22/h1-2,4-9H,3,10-13,15H2. The van der Waals surface area contributed by atoms with Gasteiger partial charge in [0.2, 0.25) is 0 Å². The van der Waals surface area contributed by atoms with Crippen LogP contribution in [0.4, 0.5) is 4.39 Å². The molecule has 1 aliphatic heterocycles. The molecule has 2 aromatic rings. The van der Waals surface area contributed by atoms with E-state index in [1.54, 1.807) is 0 Å². The molecule has 0 saturated carbocycles. The minimum atomic E-state index is -0.338. The van der Waals surface area contributed by atoms with E-state index < -0.39 is 0 Å². The van der Waals surface area contributed by atoms with Crippen LogP contribution in [0.15, 0.2) is 48.5 Å². The van der Waals surface area contributed by atoms with Crippen molar-refractivity contribution in [1.29, 1.82) is 5.26 Å². The van der Waals surface area contributed by atoms with Crippen molar-refractivity contribution < 1.29 is 9.18 Å². The van der Waals surface area contributed by atoms with Crippen LogP contribution >= 0.6 is 0 Å². The number of carbonyl (C=O) groups excluding carboxylic acids is 1. The van der Waals surface area contributed by atoms with Crippen molar-refractivity contribution in [2.24, 2.45) is 0 Å². The Morgan fingerprint density at radius 2 is 1.80 bits per heavy atom. The molecule has 0 spiro atoms. The van der Waals surface area contributed by atoms with Crippen LogP contribution < -0.4 is 0 Å². The molecule has 1 heterocycles. The van der Waals surface area contributed by atoms with E-state index in [9.17, 15) is 14.4 Å². The summed E-state index contributed by atoms with van der Waals surface area (Å²) >= 11 is 0. The first kappa shape index (κ1) is 17.1. The van der Waals surface area contributed by atoms with Gasteiger partial charge in [-0.15, -0.1) is 0 Å². The number of hydrogen-bond acceptors (Lipinski definition) is 3. The summed E-state index contributed by atoms with van der Waals surface area (Å²) in [6.45, 7) is 3.67. The van der Waals surface area contributed by atoms with Crippen LogP contribution in [0.3, 0.4) is 0 Å². The first-order valence-corrected chi connectivity index (χ1v) is 8.42. The summed E-state index contributed by atoms with van der Waals surface area (Å²) in [4.78, 5) is 16.7. The molecule has 128 valence electrons.